The van der Waals surface area contributed by atoms with Gasteiger partial charge in [0.05, 0.1) is 10.7 Å². The Morgan fingerprint density at radius 2 is 2.05 bits per heavy atom. The van der Waals surface area contributed by atoms with Crippen molar-refractivity contribution in [1.29, 1.82) is 0 Å². The van der Waals surface area contributed by atoms with Crippen molar-refractivity contribution < 1.29 is 9.26 Å². The van der Waals surface area contributed by atoms with E-state index >= 15 is 0 Å². The number of hydrogen-bond donors (Lipinski definition) is 1. The SMILES string of the molecule is COC(c1noc(-c2ccc(Cl)c(N)c2)n1)C(C)(C)C. The van der Waals surface area contributed by atoms with Crippen LogP contribution in [-0.2, 0) is 4.74 Å². The second-order valence-corrected chi connectivity index (χ2v) is 6.08. The zero-order chi connectivity index (χ0) is 14.9. The number of halogens is 1. The van der Waals surface area contributed by atoms with E-state index < -0.39 is 0 Å². The zero-order valence-electron chi connectivity index (χ0n) is 12.0. The van der Waals surface area contributed by atoms with Crippen LogP contribution < -0.4 is 5.73 Å². The first-order chi connectivity index (χ1) is 9.32. The molecule has 1 aromatic carbocycles. The van der Waals surface area contributed by atoms with Crippen molar-refractivity contribution in [3.05, 3.63) is 29.0 Å². The van der Waals surface area contributed by atoms with Crippen molar-refractivity contribution in [2.45, 2.75) is 26.9 Å². The van der Waals surface area contributed by atoms with Crippen LogP contribution in [0.4, 0.5) is 5.69 Å². The monoisotopic (exact) mass is 295 g/mol. The molecule has 0 saturated carbocycles. The first-order valence-electron chi connectivity index (χ1n) is 6.24. The summed E-state index contributed by atoms with van der Waals surface area (Å²) in [5, 5.41) is 4.50. The van der Waals surface area contributed by atoms with E-state index in [2.05, 4.69) is 30.9 Å². The van der Waals surface area contributed by atoms with Gasteiger partial charge in [-0.25, -0.2) is 0 Å². The summed E-state index contributed by atoms with van der Waals surface area (Å²) in [4.78, 5) is 4.39. The number of nitrogen functional groups attached to an aromatic ring is 1. The molecule has 0 aliphatic rings. The molecule has 0 amide bonds. The van der Waals surface area contributed by atoms with Crippen molar-refractivity contribution in [2.75, 3.05) is 12.8 Å². The smallest absolute Gasteiger partial charge is 0.258 e. The van der Waals surface area contributed by atoms with Crippen LogP contribution in [0.5, 0.6) is 0 Å². The Labute approximate surface area is 123 Å². The van der Waals surface area contributed by atoms with E-state index in [1.54, 1.807) is 25.3 Å². The molecular weight excluding hydrogens is 278 g/mol. The van der Waals surface area contributed by atoms with Gasteiger partial charge in [0, 0.05) is 12.7 Å². The highest BCUT2D eigenvalue weighted by molar-refractivity contribution is 6.33. The van der Waals surface area contributed by atoms with E-state index in [1.807, 2.05) is 0 Å². The van der Waals surface area contributed by atoms with Gasteiger partial charge in [0.25, 0.3) is 5.89 Å². The molecule has 1 aromatic heterocycles. The number of nitrogens with two attached hydrogens (primary N) is 1. The lowest BCUT2D eigenvalue weighted by atomic mass is 9.88. The van der Waals surface area contributed by atoms with Crippen LogP contribution in [0, 0.1) is 5.41 Å². The number of nitrogens with zero attached hydrogens (tertiary/aromatic N) is 2. The fourth-order valence-electron chi connectivity index (χ4n) is 1.98. The maximum Gasteiger partial charge on any atom is 0.258 e. The lowest BCUT2D eigenvalue weighted by molar-refractivity contribution is 0.00718. The van der Waals surface area contributed by atoms with Gasteiger partial charge in [-0.05, 0) is 23.6 Å². The third-order valence-corrected chi connectivity index (χ3v) is 3.29. The zero-order valence-corrected chi connectivity index (χ0v) is 12.7. The molecule has 6 heteroatoms. The molecule has 0 aliphatic heterocycles. The Hall–Kier alpha value is -1.59. The summed E-state index contributed by atoms with van der Waals surface area (Å²) in [6.45, 7) is 6.16. The normalized spacial score (nSPS) is 13.4. The number of aromatic nitrogens is 2. The minimum absolute atomic E-state index is 0.130. The fraction of sp³-hybridized carbons (Fsp3) is 0.429. The highest BCUT2D eigenvalue weighted by atomic mass is 35.5. The van der Waals surface area contributed by atoms with Crippen molar-refractivity contribution in [2.24, 2.45) is 5.41 Å². The summed E-state index contributed by atoms with van der Waals surface area (Å²) < 4.78 is 10.7. The van der Waals surface area contributed by atoms with Crippen molar-refractivity contribution in [3.63, 3.8) is 0 Å². The maximum atomic E-state index is 5.89. The number of anilines is 1. The summed E-state index contributed by atoms with van der Waals surface area (Å²) in [5.41, 5.74) is 6.85. The van der Waals surface area contributed by atoms with Crippen LogP contribution in [0.25, 0.3) is 11.5 Å². The van der Waals surface area contributed by atoms with Gasteiger partial charge >= 0.3 is 0 Å². The minimum Gasteiger partial charge on any atom is -0.398 e. The molecule has 2 N–H and O–H groups in total. The fourth-order valence-corrected chi connectivity index (χ4v) is 2.10. The molecule has 20 heavy (non-hydrogen) atoms. The Kier molecular flexibility index (Phi) is 4.01. The topological polar surface area (TPSA) is 74.2 Å². The van der Waals surface area contributed by atoms with Crippen LogP contribution in [0.15, 0.2) is 22.7 Å². The Balaban J connectivity index is 2.35. The van der Waals surface area contributed by atoms with Gasteiger partial charge in [0.15, 0.2) is 0 Å². The van der Waals surface area contributed by atoms with E-state index in [1.165, 1.54) is 0 Å². The minimum atomic E-state index is -0.246. The standard InChI is InChI=1S/C14H18ClN3O2/c1-14(2,3)11(19-4)12-17-13(20-18-12)8-5-6-9(15)10(16)7-8/h5-7,11H,16H2,1-4H3. The Morgan fingerprint density at radius 1 is 1.35 bits per heavy atom. The molecular formula is C14H18ClN3O2. The lowest BCUT2D eigenvalue weighted by Gasteiger charge is -2.26. The molecule has 0 radical (unpaired) electrons. The van der Waals surface area contributed by atoms with Gasteiger partial charge in [-0.15, -0.1) is 0 Å². The van der Waals surface area contributed by atoms with Gasteiger partial charge in [-0.2, -0.15) is 4.98 Å². The predicted molar refractivity (Wildman–Crippen MR) is 78.4 cm³/mol. The molecule has 108 valence electrons. The highest BCUT2D eigenvalue weighted by Crippen LogP contribution is 2.35. The van der Waals surface area contributed by atoms with Crippen molar-refractivity contribution in [1.82, 2.24) is 10.1 Å². The lowest BCUT2D eigenvalue weighted by Crippen LogP contribution is -2.21. The Bertz CT molecular complexity index is 605. The predicted octanol–water partition coefficient (Wildman–Crippen LogP) is 3.71. The van der Waals surface area contributed by atoms with Crippen molar-refractivity contribution in [3.8, 4) is 11.5 Å². The van der Waals surface area contributed by atoms with Crippen LogP contribution in [0.1, 0.15) is 32.7 Å². The average molecular weight is 296 g/mol. The largest absolute Gasteiger partial charge is 0.398 e. The number of rotatable bonds is 3. The van der Waals surface area contributed by atoms with Crippen LogP contribution >= 0.6 is 11.6 Å². The molecule has 1 heterocycles. The van der Waals surface area contributed by atoms with Crippen LogP contribution in [-0.4, -0.2) is 17.3 Å². The van der Waals surface area contributed by atoms with Crippen LogP contribution in [0.2, 0.25) is 5.02 Å². The van der Waals surface area contributed by atoms with Gasteiger partial charge < -0.3 is 15.0 Å². The van der Waals surface area contributed by atoms with E-state index in [0.29, 0.717) is 22.4 Å². The summed E-state index contributed by atoms with van der Waals surface area (Å²) in [5.74, 6) is 0.915. The summed E-state index contributed by atoms with van der Waals surface area (Å²) in [6.07, 6.45) is -0.246. The Morgan fingerprint density at radius 3 is 2.60 bits per heavy atom. The van der Waals surface area contributed by atoms with Crippen molar-refractivity contribution >= 4 is 17.3 Å². The number of benzene rings is 1. The second-order valence-electron chi connectivity index (χ2n) is 5.68. The molecule has 0 spiro atoms. The summed E-state index contributed by atoms with van der Waals surface area (Å²) in [6, 6.07) is 5.20. The number of ether oxygens (including phenoxy) is 1. The van der Waals surface area contributed by atoms with Crippen LogP contribution in [0.3, 0.4) is 0 Å². The molecule has 0 saturated heterocycles. The molecule has 0 aliphatic carbocycles. The van der Waals surface area contributed by atoms with Gasteiger partial charge in [-0.3, -0.25) is 0 Å². The average Bonchev–Trinajstić information content (AvgIpc) is 2.81. The molecule has 1 unspecified atom stereocenters. The molecule has 1 atom stereocenters. The number of hydrogen-bond acceptors (Lipinski definition) is 5. The molecule has 2 rings (SSSR count). The van der Waals surface area contributed by atoms with E-state index in [0.717, 1.165) is 5.56 Å². The molecule has 2 aromatic rings. The third kappa shape index (κ3) is 2.94. The molecule has 5 nitrogen and oxygen atoms in total. The van der Waals surface area contributed by atoms with Gasteiger partial charge in [-0.1, -0.05) is 37.5 Å². The summed E-state index contributed by atoms with van der Waals surface area (Å²) in [7, 11) is 1.63. The first-order valence-corrected chi connectivity index (χ1v) is 6.62. The highest BCUT2D eigenvalue weighted by Gasteiger charge is 2.30. The van der Waals surface area contributed by atoms with E-state index in [9.17, 15) is 0 Å². The quantitative estimate of drug-likeness (QED) is 0.874. The molecule has 0 fully saturated rings. The third-order valence-electron chi connectivity index (χ3n) is 2.94. The summed E-state index contributed by atoms with van der Waals surface area (Å²) >= 11 is 5.89. The first kappa shape index (κ1) is 14.8. The molecule has 0 bridgehead atoms. The van der Waals surface area contributed by atoms with Gasteiger partial charge in [0.1, 0.15) is 6.10 Å². The van der Waals surface area contributed by atoms with E-state index in [-0.39, 0.29) is 11.5 Å². The van der Waals surface area contributed by atoms with E-state index in [4.69, 9.17) is 26.6 Å². The van der Waals surface area contributed by atoms with Gasteiger partial charge in [0.2, 0.25) is 5.82 Å². The maximum absolute atomic E-state index is 5.89. The number of methoxy groups -OCH3 is 1. The second kappa shape index (κ2) is 5.42.